The quantitative estimate of drug-likeness (QED) is 0.0839. The molecule has 194 valence electrons. The number of rotatable bonds is 14. The Morgan fingerprint density at radius 1 is 1.26 bits per heavy atom. The number of nitrogens with two attached hydrogens (primary N) is 2. The van der Waals surface area contributed by atoms with Crippen LogP contribution in [0.1, 0.15) is 31.2 Å². The zero-order chi connectivity index (χ0) is 25.8. The van der Waals surface area contributed by atoms with E-state index in [1.807, 2.05) is 6.07 Å². The molecule has 0 bridgehead atoms. The molecule has 1 heterocycles. The third-order valence-corrected chi connectivity index (χ3v) is 6.99. The third kappa shape index (κ3) is 9.26. The monoisotopic (exact) mass is 510 g/mol. The first-order chi connectivity index (χ1) is 16.7. The Balaban J connectivity index is 1.96. The Bertz CT molecular complexity index is 983. The van der Waals surface area contributed by atoms with Crippen LogP contribution in [0, 0.1) is 0 Å². The van der Waals surface area contributed by atoms with E-state index in [0.717, 1.165) is 5.56 Å². The van der Waals surface area contributed by atoms with Crippen LogP contribution in [0.4, 0.5) is 0 Å². The summed E-state index contributed by atoms with van der Waals surface area (Å²) in [6.45, 7) is -0.218. The van der Waals surface area contributed by atoms with Gasteiger partial charge in [-0.25, -0.2) is 13.1 Å². The van der Waals surface area contributed by atoms with Crippen molar-refractivity contribution in [2.75, 3.05) is 25.4 Å². The predicted molar refractivity (Wildman–Crippen MR) is 131 cm³/mol. The number of sulfonamides is 1. The number of nitrogens with zero attached hydrogens (tertiary/aromatic N) is 2. The number of aliphatic imine (C=N–C) groups is 1. The number of benzene rings is 1. The Hall–Kier alpha value is -3.03. The molecular formula is C22H34N6O6S. The molecule has 1 aromatic rings. The Morgan fingerprint density at radius 3 is 2.60 bits per heavy atom. The maximum Gasteiger partial charge on any atom is 0.243 e. The molecule has 0 aromatic heterocycles. The van der Waals surface area contributed by atoms with E-state index in [9.17, 15) is 27.9 Å². The molecule has 0 spiro atoms. The van der Waals surface area contributed by atoms with Gasteiger partial charge in [-0.05, 0) is 37.7 Å². The van der Waals surface area contributed by atoms with Crippen molar-refractivity contribution in [3.63, 3.8) is 0 Å². The van der Waals surface area contributed by atoms with Crippen molar-refractivity contribution in [3.8, 4) is 0 Å². The van der Waals surface area contributed by atoms with Crippen LogP contribution in [0.2, 0.25) is 0 Å². The second-order valence-corrected chi connectivity index (χ2v) is 10.2. The van der Waals surface area contributed by atoms with Crippen molar-refractivity contribution in [1.29, 1.82) is 0 Å². The summed E-state index contributed by atoms with van der Waals surface area (Å²) in [6, 6.07) is 5.95. The minimum atomic E-state index is -3.88. The van der Waals surface area contributed by atoms with Gasteiger partial charge in [-0.1, -0.05) is 30.3 Å². The van der Waals surface area contributed by atoms with Crippen molar-refractivity contribution in [2.24, 2.45) is 16.5 Å². The maximum atomic E-state index is 13.0. The number of amides is 2. The number of carbonyl (C=O) groups excluding carboxylic acids is 3. The van der Waals surface area contributed by atoms with Crippen LogP contribution in [0.15, 0.2) is 35.3 Å². The number of hydrogen-bond acceptors (Lipinski definition) is 7. The third-order valence-electron chi connectivity index (χ3n) is 5.60. The maximum absolute atomic E-state index is 13.0. The molecule has 7 N–H and O–H groups in total. The molecule has 0 unspecified atom stereocenters. The molecule has 3 atom stereocenters. The molecule has 1 aliphatic heterocycles. The molecule has 1 fully saturated rings. The molecule has 2 rings (SSSR count). The molecule has 2 amide bonds. The summed E-state index contributed by atoms with van der Waals surface area (Å²) < 4.78 is 27.3. The molecule has 1 aromatic carbocycles. The number of aldehydes is 1. The number of nitrogens with one attached hydrogen (secondary N) is 2. The minimum Gasteiger partial charge on any atom is -0.394 e. The first kappa shape index (κ1) is 28.2. The van der Waals surface area contributed by atoms with Gasteiger partial charge in [0.15, 0.2) is 5.96 Å². The summed E-state index contributed by atoms with van der Waals surface area (Å²) >= 11 is 0. The summed E-state index contributed by atoms with van der Waals surface area (Å²) in [6.07, 6.45) is 2.51. The molecule has 13 heteroatoms. The van der Waals surface area contributed by atoms with Gasteiger partial charge in [-0.15, -0.1) is 0 Å². The van der Waals surface area contributed by atoms with E-state index in [4.69, 9.17) is 11.5 Å². The number of carbonyl (C=O) groups is 3. The van der Waals surface area contributed by atoms with Gasteiger partial charge in [0.2, 0.25) is 21.8 Å². The highest BCUT2D eigenvalue weighted by Crippen LogP contribution is 2.19. The number of aryl methyl sites for hydroxylation is 1. The lowest BCUT2D eigenvalue weighted by Gasteiger charge is -2.28. The smallest absolute Gasteiger partial charge is 0.243 e. The second kappa shape index (κ2) is 13.8. The van der Waals surface area contributed by atoms with E-state index in [1.54, 1.807) is 24.3 Å². The zero-order valence-electron chi connectivity index (χ0n) is 19.5. The van der Waals surface area contributed by atoms with E-state index in [-0.39, 0.29) is 24.7 Å². The van der Waals surface area contributed by atoms with Gasteiger partial charge in [-0.2, -0.15) is 0 Å². The molecule has 35 heavy (non-hydrogen) atoms. The van der Waals surface area contributed by atoms with Gasteiger partial charge in [0.1, 0.15) is 18.4 Å². The van der Waals surface area contributed by atoms with Crippen LogP contribution in [-0.4, -0.2) is 86.1 Å². The molecule has 1 aliphatic rings. The first-order valence-corrected chi connectivity index (χ1v) is 13.1. The summed E-state index contributed by atoms with van der Waals surface area (Å²) in [5.41, 5.74) is 11.3. The highest BCUT2D eigenvalue weighted by molar-refractivity contribution is 7.89. The Morgan fingerprint density at radius 2 is 1.97 bits per heavy atom. The van der Waals surface area contributed by atoms with Crippen molar-refractivity contribution < 1.29 is 27.9 Å². The van der Waals surface area contributed by atoms with Crippen molar-refractivity contribution in [3.05, 3.63) is 35.9 Å². The average molecular weight is 511 g/mol. The van der Waals surface area contributed by atoms with Gasteiger partial charge in [0.25, 0.3) is 0 Å². The van der Waals surface area contributed by atoms with Gasteiger partial charge in [0.05, 0.1) is 18.4 Å². The summed E-state index contributed by atoms with van der Waals surface area (Å²) in [5, 5.41) is 12.3. The number of aliphatic hydroxyl groups is 1. The minimum absolute atomic E-state index is 0.0640. The number of aliphatic hydroxyl groups excluding tert-OH is 1. The van der Waals surface area contributed by atoms with Gasteiger partial charge < -0.3 is 31.6 Å². The summed E-state index contributed by atoms with van der Waals surface area (Å²) in [7, 11) is -3.88. The lowest BCUT2D eigenvalue weighted by Crippen LogP contribution is -2.56. The van der Waals surface area contributed by atoms with E-state index < -0.39 is 46.6 Å². The molecule has 0 saturated carbocycles. The lowest BCUT2D eigenvalue weighted by atomic mass is 10.1. The largest absolute Gasteiger partial charge is 0.394 e. The average Bonchev–Trinajstić information content (AvgIpc) is 3.33. The standard InChI is InChI=1S/C22H34N6O6S/c23-22(24)25-11-4-8-17(14-29)26-20(31)19-9-5-12-28(19)21(32)18(15-30)27-35(33,34)13-10-16-6-2-1-3-7-16/h1-3,6-7,14,17-19,27,30H,4-5,8-13,15H2,(H,26,31)(H4,23,24,25)/t17-,18+,19-/m0/s1. The van der Waals surface area contributed by atoms with Crippen LogP contribution >= 0.6 is 0 Å². The van der Waals surface area contributed by atoms with Crippen molar-refractivity contribution in [2.45, 2.75) is 50.2 Å². The van der Waals surface area contributed by atoms with Crippen LogP contribution in [-0.2, 0) is 30.8 Å². The Labute approximate surface area is 205 Å². The van der Waals surface area contributed by atoms with E-state index >= 15 is 0 Å². The van der Waals surface area contributed by atoms with Gasteiger partial charge in [0, 0.05) is 13.1 Å². The fourth-order valence-corrected chi connectivity index (χ4v) is 5.05. The Kier molecular flexibility index (Phi) is 11.1. The van der Waals surface area contributed by atoms with Crippen LogP contribution < -0.4 is 21.5 Å². The number of guanidine groups is 1. The second-order valence-electron chi connectivity index (χ2n) is 8.30. The summed E-state index contributed by atoms with van der Waals surface area (Å²) in [4.78, 5) is 42.3. The van der Waals surface area contributed by atoms with Crippen LogP contribution in [0.25, 0.3) is 0 Å². The summed E-state index contributed by atoms with van der Waals surface area (Å²) in [5.74, 6) is -1.53. The topological polar surface area (TPSA) is 197 Å². The van der Waals surface area contributed by atoms with Crippen molar-refractivity contribution >= 4 is 34.1 Å². The molecular weight excluding hydrogens is 476 g/mol. The van der Waals surface area contributed by atoms with Crippen LogP contribution in [0.5, 0.6) is 0 Å². The highest BCUT2D eigenvalue weighted by atomic mass is 32.2. The van der Waals surface area contributed by atoms with Crippen LogP contribution in [0.3, 0.4) is 0 Å². The fourth-order valence-electron chi connectivity index (χ4n) is 3.81. The van der Waals surface area contributed by atoms with E-state index in [2.05, 4.69) is 15.0 Å². The predicted octanol–water partition coefficient (Wildman–Crippen LogP) is -1.76. The number of hydrogen-bond donors (Lipinski definition) is 5. The highest BCUT2D eigenvalue weighted by Gasteiger charge is 2.38. The molecule has 1 saturated heterocycles. The normalized spacial score (nSPS) is 17.4. The SMILES string of the molecule is NC(N)=NCCC[C@@H](C=O)NC(=O)[C@@H]1CCCN1C(=O)[C@@H](CO)NS(=O)(=O)CCc1ccccc1. The van der Waals surface area contributed by atoms with E-state index in [1.165, 1.54) is 4.90 Å². The lowest BCUT2D eigenvalue weighted by molar-refractivity contribution is -0.140. The molecule has 12 nitrogen and oxygen atoms in total. The van der Waals surface area contributed by atoms with Crippen molar-refractivity contribution in [1.82, 2.24) is 14.9 Å². The number of likely N-dealkylation sites (tertiary alicyclic amines) is 1. The molecule has 0 aliphatic carbocycles. The first-order valence-electron chi connectivity index (χ1n) is 11.4. The molecule has 0 radical (unpaired) electrons. The van der Waals surface area contributed by atoms with Gasteiger partial charge >= 0.3 is 0 Å². The van der Waals surface area contributed by atoms with Gasteiger partial charge in [-0.3, -0.25) is 14.6 Å². The zero-order valence-corrected chi connectivity index (χ0v) is 20.3. The van der Waals surface area contributed by atoms with E-state index in [0.29, 0.717) is 38.5 Å². The fraction of sp³-hybridized carbons (Fsp3) is 0.545.